The molecule has 0 aliphatic carbocycles. The van der Waals surface area contributed by atoms with Gasteiger partial charge < -0.3 is 14.2 Å². The summed E-state index contributed by atoms with van der Waals surface area (Å²) in [5.74, 6) is 4.38. The molecule has 3 heterocycles. The summed E-state index contributed by atoms with van der Waals surface area (Å²) in [7, 11) is 3.23. The minimum Gasteiger partial charge on any atom is -0.494 e. The van der Waals surface area contributed by atoms with E-state index in [1.807, 2.05) is 22.8 Å². The Morgan fingerprint density at radius 3 is 2.67 bits per heavy atom. The van der Waals surface area contributed by atoms with E-state index < -0.39 is 0 Å². The van der Waals surface area contributed by atoms with Gasteiger partial charge in [0.2, 0.25) is 5.95 Å². The highest BCUT2D eigenvalue weighted by molar-refractivity contribution is 8.01. The molecule has 2 atom stereocenters. The second-order valence-corrected chi connectivity index (χ2v) is 8.06. The minimum atomic E-state index is 0.133. The molecule has 0 saturated carbocycles. The third kappa shape index (κ3) is 3.87. The monoisotopic (exact) mass is 428 g/mol. The number of nitrogens with one attached hydrogen (secondary N) is 1. The van der Waals surface area contributed by atoms with Crippen LogP contribution in [0.2, 0.25) is 0 Å². The molecule has 2 aromatic heterocycles. The normalized spacial score (nSPS) is 14.5. The van der Waals surface area contributed by atoms with E-state index in [0.717, 1.165) is 17.2 Å². The molecule has 0 spiro atoms. The standard InChI is InChI=1S/C20H24N6O3S/c1-12(18-21-10-14(27-3)11-22-18)13(2)30-25-20-24-23-19-15-6-5-7-16(28-4)17(15)29-9-8-26(19)20/h5-7,10-13H,8-9H2,1-4H3,(H,24,25). The summed E-state index contributed by atoms with van der Waals surface area (Å²) < 4.78 is 21.9. The molecule has 0 saturated heterocycles. The third-order valence-electron chi connectivity index (χ3n) is 5.08. The van der Waals surface area contributed by atoms with Crippen LogP contribution in [-0.4, -0.2) is 50.8 Å². The number of benzene rings is 1. The average molecular weight is 429 g/mol. The van der Waals surface area contributed by atoms with Crippen molar-refractivity contribution in [2.45, 2.75) is 31.6 Å². The Morgan fingerprint density at radius 1 is 1.13 bits per heavy atom. The van der Waals surface area contributed by atoms with E-state index in [-0.39, 0.29) is 11.2 Å². The van der Waals surface area contributed by atoms with Crippen LogP contribution >= 0.6 is 11.9 Å². The van der Waals surface area contributed by atoms with Crippen LogP contribution in [0, 0.1) is 0 Å². The molecule has 1 aromatic carbocycles. The van der Waals surface area contributed by atoms with Crippen molar-refractivity contribution in [2.24, 2.45) is 0 Å². The summed E-state index contributed by atoms with van der Waals surface area (Å²) in [5.41, 5.74) is 0.866. The summed E-state index contributed by atoms with van der Waals surface area (Å²) in [5, 5.41) is 8.95. The molecule has 0 bridgehead atoms. The van der Waals surface area contributed by atoms with Gasteiger partial charge in [0.05, 0.1) is 38.7 Å². The number of methoxy groups -OCH3 is 2. The first kappa shape index (κ1) is 20.3. The zero-order chi connectivity index (χ0) is 21.1. The maximum absolute atomic E-state index is 5.93. The second kappa shape index (κ2) is 8.78. The fourth-order valence-electron chi connectivity index (χ4n) is 3.15. The Hall–Kier alpha value is -3.01. The Bertz CT molecular complexity index is 1010. The number of hydrogen-bond donors (Lipinski definition) is 1. The lowest BCUT2D eigenvalue weighted by Crippen LogP contribution is -2.15. The van der Waals surface area contributed by atoms with Crippen molar-refractivity contribution in [2.75, 3.05) is 25.5 Å². The quantitative estimate of drug-likeness (QED) is 0.568. The van der Waals surface area contributed by atoms with Gasteiger partial charge in [0.25, 0.3) is 0 Å². The van der Waals surface area contributed by atoms with Gasteiger partial charge in [0.1, 0.15) is 12.4 Å². The molecular weight excluding hydrogens is 404 g/mol. The molecule has 4 rings (SSSR count). The molecule has 0 amide bonds. The van der Waals surface area contributed by atoms with Gasteiger partial charge in [-0.05, 0) is 24.1 Å². The third-order valence-corrected chi connectivity index (χ3v) is 6.16. The van der Waals surface area contributed by atoms with Crippen molar-refractivity contribution in [1.29, 1.82) is 0 Å². The summed E-state index contributed by atoms with van der Waals surface area (Å²) >= 11 is 1.57. The number of hydrogen-bond acceptors (Lipinski definition) is 9. The van der Waals surface area contributed by atoms with E-state index in [1.165, 1.54) is 0 Å². The van der Waals surface area contributed by atoms with E-state index in [4.69, 9.17) is 14.2 Å². The molecule has 0 fully saturated rings. The lowest BCUT2D eigenvalue weighted by molar-refractivity contribution is 0.287. The van der Waals surface area contributed by atoms with Crippen LogP contribution in [0.15, 0.2) is 30.6 Å². The van der Waals surface area contributed by atoms with Crippen LogP contribution < -0.4 is 18.9 Å². The highest BCUT2D eigenvalue weighted by atomic mass is 32.2. The molecule has 2 unspecified atom stereocenters. The topological polar surface area (TPSA) is 96.2 Å². The maximum Gasteiger partial charge on any atom is 0.235 e. The van der Waals surface area contributed by atoms with Gasteiger partial charge in [-0.1, -0.05) is 19.9 Å². The number of aromatic nitrogens is 5. The first-order valence-corrected chi connectivity index (χ1v) is 10.5. The van der Waals surface area contributed by atoms with Gasteiger partial charge in [-0.3, -0.25) is 9.29 Å². The fraction of sp³-hybridized carbons (Fsp3) is 0.400. The maximum atomic E-state index is 5.93. The summed E-state index contributed by atoms with van der Waals surface area (Å²) in [6.45, 7) is 5.36. The van der Waals surface area contributed by atoms with Crippen LogP contribution in [-0.2, 0) is 6.54 Å². The van der Waals surface area contributed by atoms with Crippen LogP contribution in [0.4, 0.5) is 5.95 Å². The predicted molar refractivity (Wildman–Crippen MR) is 115 cm³/mol. The number of fused-ring (bicyclic) bond motifs is 3. The number of para-hydroxylation sites is 1. The lowest BCUT2D eigenvalue weighted by Gasteiger charge is -2.18. The van der Waals surface area contributed by atoms with Crippen LogP contribution in [0.5, 0.6) is 17.2 Å². The fourth-order valence-corrected chi connectivity index (χ4v) is 3.92. The molecule has 3 aromatic rings. The van der Waals surface area contributed by atoms with Crippen LogP contribution in [0.3, 0.4) is 0 Å². The van der Waals surface area contributed by atoms with Crippen LogP contribution in [0.1, 0.15) is 25.6 Å². The molecule has 1 aliphatic rings. The van der Waals surface area contributed by atoms with E-state index in [0.29, 0.717) is 36.3 Å². The first-order valence-electron chi connectivity index (χ1n) is 9.63. The summed E-state index contributed by atoms with van der Waals surface area (Å²) in [6.07, 6.45) is 3.38. The Kier molecular flexibility index (Phi) is 5.93. The zero-order valence-electron chi connectivity index (χ0n) is 17.3. The molecule has 1 aliphatic heterocycles. The van der Waals surface area contributed by atoms with Crippen molar-refractivity contribution in [1.82, 2.24) is 24.7 Å². The minimum absolute atomic E-state index is 0.133. The van der Waals surface area contributed by atoms with Gasteiger partial charge in [-0.15, -0.1) is 10.2 Å². The zero-order valence-corrected chi connectivity index (χ0v) is 18.1. The summed E-state index contributed by atoms with van der Waals surface area (Å²) in [6, 6.07) is 5.77. The SMILES string of the molecule is COc1cnc(C(C)C(C)SNc2nnc3n2CCOc2c(OC)cccc2-3)nc1. The number of nitrogens with zero attached hydrogens (tertiary/aromatic N) is 5. The molecular formula is C20H24N6O3S. The number of ether oxygens (including phenoxy) is 3. The first-order chi connectivity index (χ1) is 14.6. The highest BCUT2D eigenvalue weighted by Crippen LogP contribution is 2.40. The molecule has 158 valence electrons. The Labute approximate surface area is 179 Å². The highest BCUT2D eigenvalue weighted by Gasteiger charge is 2.24. The van der Waals surface area contributed by atoms with Crippen molar-refractivity contribution in [3.05, 3.63) is 36.4 Å². The van der Waals surface area contributed by atoms with Gasteiger partial charge in [-0.2, -0.15) is 0 Å². The average Bonchev–Trinajstić information content (AvgIpc) is 3.09. The molecule has 10 heteroatoms. The lowest BCUT2D eigenvalue weighted by atomic mass is 10.1. The van der Waals surface area contributed by atoms with E-state index >= 15 is 0 Å². The van der Waals surface area contributed by atoms with Crippen molar-refractivity contribution in [3.8, 4) is 28.6 Å². The Balaban J connectivity index is 1.49. The van der Waals surface area contributed by atoms with E-state index in [9.17, 15) is 0 Å². The Morgan fingerprint density at radius 2 is 1.93 bits per heavy atom. The van der Waals surface area contributed by atoms with E-state index in [2.05, 4.69) is 38.7 Å². The molecule has 1 N–H and O–H groups in total. The second-order valence-electron chi connectivity index (χ2n) is 6.88. The molecule has 0 radical (unpaired) electrons. The number of rotatable bonds is 7. The van der Waals surface area contributed by atoms with Crippen molar-refractivity contribution >= 4 is 17.9 Å². The van der Waals surface area contributed by atoms with Crippen molar-refractivity contribution < 1.29 is 14.2 Å². The number of anilines is 1. The smallest absolute Gasteiger partial charge is 0.235 e. The largest absolute Gasteiger partial charge is 0.494 e. The van der Waals surface area contributed by atoms with Gasteiger partial charge in [0.15, 0.2) is 23.1 Å². The van der Waals surface area contributed by atoms with Gasteiger partial charge in [-0.25, -0.2) is 9.97 Å². The summed E-state index contributed by atoms with van der Waals surface area (Å²) in [4.78, 5) is 8.80. The van der Waals surface area contributed by atoms with Crippen molar-refractivity contribution in [3.63, 3.8) is 0 Å². The molecule has 30 heavy (non-hydrogen) atoms. The van der Waals surface area contributed by atoms with Gasteiger partial charge in [0, 0.05) is 11.2 Å². The van der Waals surface area contributed by atoms with Crippen LogP contribution in [0.25, 0.3) is 11.4 Å². The van der Waals surface area contributed by atoms with Gasteiger partial charge >= 0.3 is 0 Å². The molecule has 9 nitrogen and oxygen atoms in total. The predicted octanol–water partition coefficient (Wildman–Crippen LogP) is 3.40. The van der Waals surface area contributed by atoms with E-state index in [1.54, 1.807) is 38.6 Å².